The molecule has 0 aliphatic carbocycles. The molecule has 1 saturated heterocycles. The Labute approximate surface area is 157 Å². The fourth-order valence-electron chi connectivity index (χ4n) is 2.60. The Morgan fingerprint density at radius 3 is 2.62 bits per heavy atom. The average molecular weight is 367 g/mol. The molecule has 1 heterocycles. The van der Waals surface area contributed by atoms with Crippen molar-refractivity contribution in [2.24, 2.45) is 10.2 Å². The van der Waals surface area contributed by atoms with Crippen LogP contribution in [0.1, 0.15) is 23.6 Å². The van der Waals surface area contributed by atoms with Crippen LogP contribution in [-0.4, -0.2) is 34.5 Å². The summed E-state index contributed by atoms with van der Waals surface area (Å²) in [6, 6.07) is 15.6. The Hall–Kier alpha value is -2.60. The van der Waals surface area contributed by atoms with E-state index in [9.17, 15) is 4.79 Å². The molecular weight excluding hydrogens is 346 g/mol. The van der Waals surface area contributed by atoms with E-state index in [0.717, 1.165) is 22.4 Å². The fourth-order valence-corrected chi connectivity index (χ4v) is 3.52. The maximum atomic E-state index is 12.5. The number of hydrogen-bond donors (Lipinski definition) is 0. The molecule has 134 valence electrons. The maximum absolute atomic E-state index is 12.5. The first-order valence-corrected chi connectivity index (χ1v) is 9.24. The molecule has 1 aliphatic heterocycles. The lowest BCUT2D eigenvalue weighted by atomic mass is 10.1. The first-order valence-electron chi connectivity index (χ1n) is 8.36. The number of rotatable bonds is 5. The molecule has 1 fully saturated rings. The summed E-state index contributed by atoms with van der Waals surface area (Å²) in [4.78, 5) is 14.2. The fraction of sp³-hybridized carbons (Fsp3) is 0.250. The molecule has 2 aromatic carbocycles. The number of carbonyl (C=O) groups excluding carboxylic acids is 1. The van der Waals surface area contributed by atoms with Gasteiger partial charge in [0, 0.05) is 0 Å². The van der Waals surface area contributed by atoms with Crippen LogP contribution in [0.2, 0.25) is 0 Å². The second-order valence-corrected chi connectivity index (χ2v) is 7.32. The Bertz CT molecular complexity index is 846. The van der Waals surface area contributed by atoms with E-state index in [2.05, 4.69) is 10.2 Å². The van der Waals surface area contributed by atoms with Crippen molar-refractivity contribution in [3.63, 3.8) is 0 Å². The molecule has 3 rings (SSSR count). The molecule has 26 heavy (non-hydrogen) atoms. The number of amides is 1. The molecule has 0 saturated carbocycles. The van der Waals surface area contributed by atoms with Gasteiger partial charge in [0.05, 0.1) is 25.1 Å². The van der Waals surface area contributed by atoms with Crippen molar-refractivity contribution in [3.05, 3.63) is 65.2 Å². The highest BCUT2D eigenvalue weighted by Crippen LogP contribution is 2.29. The lowest BCUT2D eigenvalue weighted by Gasteiger charge is -2.16. The predicted octanol–water partition coefficient (Wildman–Crippen LogP) is 3.86. The lowest BCUT2D eigenvalue weighted by molar-refractivity contribution is -0.126. The van der Waals surface area contributed by atoms with Gasteiger partial charge in [-0.25, -0.2) is 0 Å². The van der Waals surface area contributed by atoms with Crippen LogP contribution >= 0.6 is 11.8 Å². The molecule has 0 spiro atoms. The van der Waals surface area contributed by atoms with Gasteiger partial charge in [0.2, 0.25) is 5.91 Å². The zero-order chi connectivity index (χ0) is 18.5. The van der Waals surface area contributed by atoms with Crippen molar-refractivity contribution >= 4 is 29.1 Å². The SMILES string of the molecule is COc1ccc(/C=N\N=C2\S[C@H](C)C(=O)N2Cc2ccccc2C)cc1. The number of ether oxygens (including phenoxy) is 1. The number of thioether (sulfide) groups is 1. The second-order valence-electron chi connectivity index (χ2n) is 6.01. The number of nitrogens with zero attached hydrogens (tertiary/aromatic N) is 3. The summed E-state index contributed by atoms with van der Waals surface area (Å²) in [6.45, 7) is 4.46. The summed E-state index contributed by atoms with van der Waals surface area (Å²) in [7, 11) is 1.63. The van der Waals surface area contributed by atoms with Gasteiger partial charge in [-0.2, -0.15) is 5.10 Å². The summed E-state index contributed by atoms with van der Waals surface area (Å²) in [5.41, 5.74) is 3.19. The predicted molar refractivity (Wildman–Crippen MR) is 107 cm³/mol. The van der Waals surface area contributed by atoms with Gasteiger partial charge in [0.15, 0.2) is 5.17 Å². The minimum absolute atomic E-state index is 0.0663. The van der Waals surface area contributed by atoms with E-state index in [4.69, 9.17) is 4.74 Å². The number of aryl methyl sites for hydroxylation is 1. The standard InChI is InChI=1S/C20H21N3O2S/c1-14-6-4-5-7-17(14)13-23-19(24)15(2)26-20(23)22-21-12-16-8-10-18(25-3)11-9-16/h4-12,15H,13H2,1-3H3/b21-12-,22-20+/t15-/m1/s1. The van der Waals surface area contributed by atoms with Crippen LogP contribution in [0.25, 0.3) is 0 Å². The largest absolute Gasteiger partial charge is 0.497 e. The first kappa shape index (κ1) is 18.2. The molecular formula is C20H21N3O2S. The van der Waals surface area contributed by atoms with Crippen molar-refractivity contribution in [1.29, 1.82) is 0 Å². The van der Waals surface area contributed by atoms with E-state index in [1.54, 1.807) is 18.2 Å². The smallest absolute Gasteiger partial charge is 0.242 e. The number of amidine groups is 1. The van der Waals surface area contributed by atoms with Gasteiger partial charge in [-0.3, -0.25) is 9.69 Å². The minimum Gasteiger partial charge on any atom is -0.497 e. The number of hydrogen-bond acceptors (Lipinski definition) is 5. The van der Waals surface area contributed by atoms with E-state index < -0.39 is 0 Å². The molecule has 0 unspecified atom stereocenters. The third-order valence-corrected chi connectivity index (χ3v) is 5.25. The van der Waals surface area contributed by atoms with Crippen molar-refractivity contribution in [2.45, 2.75) is 25.6 Å². The molecule has 0 aromatic heterocycles. The van der Waals surface area contributed by atoms with E-state index >= 15 is 0 Å². The molecule has 1 amide bonds. The van der Waals surface area contributed by atoms with Gasteiger partial charge in [-0.05, 0) is 54.8 Å². The van der Waals surface area contributed by atoms with Crippen LogP contribution in [0.3, 0.4) is 0 Å². The molecule has 2 aromatic rings. The van der Waals surface area contributed by atoms with Gasteiger partial charge in [0.1, 0.15) is 5.75 Å². The van der Waals surface area contributed by atoms with Gasteiger partial charge in [0.25, 0.3) is 0 Å². The quantitative estimate of drug-likeness (QED) is 0.596. The third-order valence-electron chi connectivity index (χ3n) is 4.18. The van der Waals surface area contributed by atoms with E-state index in [0.29, 0.717) is 11.7 Å². The zero-order valence-electron chi connectivity index (χ0n) is 15.0. The first-order chi connectivity index (χ1) is 12.6. The average Bonchev–Trinajstić information content (AvgIpc) is 2.92. The van der Waals surface area contributed by atoms with Gasteiger partial charge >= 0.3 is 0 Å². The number of methoxy groups -OCH3 is 1. The highest BCUT2D eigenvalue weighted by molar-refractivity contribution is 8.15. The van der Waals surface area contributed by atoms with Crippen molar-refractivity contribution in [2.75, 3.05) is 7.11 Å². The number of benzene rings is 2. The summed E-state index contributed by atoms with van der Waals surface area (Å²) in [5, 5.41) is 8.95. The van der Waals surface area contributed by atoms with Gasteiger partial charge in [-0.15, -0.1) is 5.10 Å². The summed E-state index contributed by atoms with van der Waals surface area (Å²) >= 11 is 1.44. The Kier molecular flexibility index (Phi) is 5.73. The maximum Gasteiger partial charge on any atom is 0.242 e. The zero-order valence-corrected chi connectivity index (χ0v) is 15.9. The molecule has 0 N–H and O–H groups in total. The van der Waals surface area contributed by atoms with Gasteiger partial charge < -0.3 is 4.74 Å². The van der Waals surface area contributed by atoms with E-state index in [1.807, 2.05) is 62.4 Å². The molecule has 0 radical (unpaired) electrons. The summed E-state index contributed by atoms with van der Waals surface area (Å²) < 4.78 is 5.14. The summed E-state index contributed by atoms with van der Waals surface area (Å²) in [6.07, 6.45) is 1.67. The van der Waals surface area contributed by atoms with Crippen LogP contribution in [0.4, 0.5) is 0 Å². The van der Waals surface area contributed by atoms with Crippen LogP contribution in [0.15, 0.2) is 58.7 Å². The van der Waals surface area contributed by atoms with Crippen molar-refractivity contribution < 1.29 is 9.53 Å². The lowest BCUT2D eigenvalue weighted by Crippen LogP contribution is -2.31. The second kappa shape index (κ2) is 8.19. The van der Waals surface area contributed by atoms with Crippen LogP contribution in [-0.2, 0) is 11.3 Å². The van der Waals surface area contributed by atoms with Crippen molar-refractivity contribution in [3.8, 4) is 5.75 Å². The Balaban J connectivity index is 1.77. The van der Waals surface area contributed by atoms with Crippen LogP contribution in [0.5, 0.6) is 5.75 Å². The molecule has 1 aliphatic rings. The monoisotopic (exact) mass is 367 g/mol. The third kappa shape index (κ3) is 4.14. The van der Waals surface area contributed by atoms with Gasteiger partial charge in [-0.1, -0.05) is 36.0 Å². The molecule has 6 heteroatoms. The minimum atomic E-state index is -0.144. The Morgan fingerprint density at radius 1 is 1.19 bits per heavy atom. The number of carbonyl (C=O) groups is 1. The highest BCUT2D eigenvalue weighted by atomic mass is 32.2. The van der Waals surface area contributed by atoms with E-state index in [1.165, 1.54) is 11.8 Å². The highest BCUT2D eigenvalue weighted by Gasteiger charge is 2.35. The summed E-state index contributed by atoms with van der Waals surface area (Å²) in [5.74, 6) is 0.861. The van der Waals surface area contributed by atoms with Crippen LogP contribution < -0.4 is 4.74 Å². The molecule has 1 atom stereocenters. The van der Waals surface area contributed by atoms with Crippen molar-refractivity contribution in [1.82, 2.24) is 4.90 Å². The van der Waals surface area contributed by atoms with Crippen LogP contribution in [0, 0.1) is 6.92 Å². The topological polar surface area (TPSA) is 54.3 Å². The molecule has 5 nitrogen and oxygen atoms in total. The van der Waals surface area contributed by atoms with E-state index in [-0.39, 0.29) is 11.2 Å². The normalized spacial score (nSPS) is 18.9. The molecule has 0 bridgehead atoms. The Morgan fingerprint density at radius 2 is 1.92 bits per heavy atom.